The predicted octanol–water partition coefficient (Wildman–Crippen LogP) is 3.91. The molecular weight excluding hydrogens is 387 g/mol. The summed E-state index contributed by atoms with van der Waals surface area (Å²) >= 11 is 1.71. The van der Waals surface area contributed by atoms with Gasteiger partial charge in [0.1, 0.15) is 5.82 Å². The molecular formula is C23H27FN2O2S. The molecule has 1 aliphatic heterocycles. The van der Waals surface area contributed by atoms with Crippen molar-refractivity contribution in [2.24, 2.45) is 5.92 Å². The Morgan fingerprint density at radius 2 is 1.76 bits per heavy atom. The molecule has 1 fully saturated rings. The van der Waals surface area contributed by atoms with Crippen molar-refractivity contribution >= 4 is 22.9 Å². The summed E-state index contributed by atoms with van der Waals surface area (Å²) in [4.78, 5) is 30.6. The lowest BCUT2D eigenvalue weighted by atomic mass is 9.87. The van der Waals surface area contributed by atoms with Crippen LogP contribution in [0.3, 0.4) is 0 Å². The molecule has 0 amide bonds. The highest BCUT2D eigenvalue weighted by molar-refractivity contribution is 7.10. The van der Waals surface area contributed by atoms with Gasteiger partial charge in [0.2, 0.25) is 0 Å². The number of nitrogens with zero attached hydrogens (tertiary/aromatic N) is 2. The van der Waals surface area contributed by atoms with Crippen LogP contribution in [-0.2, 0) is 6.42 Å². The molecule has 1 aromatic heterocycles. The van der Waals surface area contributed by atoms with E-state index in [9.17, 15) is 14.0 Å². The van der Waals surface area contributed by atoms with Crippen LogP contribution < -0.4 is 0 Å². The van der Waals surface area contributed by atoms with Crippen molar-refractivity contribution in [1.29, 1.82) is 0 Å². The highest BCUT2D eigenvalue weighted by Gasteiger charge is 2.28. The minimum Gasteiger partial charge on any atom is -0.301 e. The summed E-state index contributed by atoms with van der Waals surface area (Å²) in [5, 5.41) is 2.03. The van der Waals surface area contributed by atoms with Crippen molar-refractivity contribution in [2.75, 3.05) is 39.3 Å². The zero-order valence-electron chi connectivity index (χ0n) is 16.6. The third kappa shape index (κ3) is 5.18. The van der Waals surface area contributed by atoms with Crippen molar-refractivity contribution in [3.8, 4) is 0 Å². The first kappa shape index (κ1) is 20.4. The van der Waals surface area contributed by atoms with E-state index >= 15 is 0 Å². The lowest BCUT2D eigenvalue weighted by Crippen LogP contribution is -2.48. The summed E-state index contributed by atoms with van der Waals surface area (Å²) in [5.41, 5.74) is 1.54. The molecule has 1 saturated heterocycles. The summed E-state index contributed by atoms with van der Waals surface area (Å²) in [6.45, 7) is 5.98. The van der Waals surface area contributed by atoms with Crippen LogP contribution in [0.1, 0.15) is 44.9 Å². The number of benzene rings is 1. The molecule has 1 aromatic carbocycles. The minimum atomic E-state index is -0.312. The van der Waals surface area contributed by atoms with Gasteiger partial charge in [0, 0.05) is 61.6 Å². The Morgan fingerprint density at radius 3 is 2.52 bits per heavy atom. The lowest BCUT2D eigenvalue weighted by Gasteiger charge is -2.37. The molecule has 0 bridgehead atoms. The molecule has 4 rings (SSSR count). The summed E-state index contributed by atoms with van der Waals surface area (Å²) in [5.74, 6) is 0.516. The smallest absolute Gasteiger partial charge is 0.164 e. The summed E-state index contributed by atoms with van der Waals surface area (Å²) in [6.07, 6.45) is 3.04. The number of fused-ring (bicyclic) bond motifs is 1. The number of thiophene rings is 1. The van der Waals surface area contributed by atoms with Crippen LogP contribution in [-0.4, -0.2) is 60.6 Å². The van der Waals surface area contributed by atoms with E-state index in [4.69, 9.17) is 0 Å². The van der Waals surface area contributed by atoms with Gasteiger partial charge in [-0.25, -0.2) is 4.39 Å². The number of hydrogen-bond donors (Lipinski definition) is 0. The predicted molar refractivity (Wildman–Crippen MR) is 113 cm³/mol. The third-order valence-corrected chi connectivity index (χ3v) is 6.96. The zero-order valence-corrected chi connectivity index (χ0v) is 17.4. The molecule has 1 atom stereocenters. The first-order valence-electron chi connectivity index (χ1n) is 10.4. The maximum Gasteiger partial charge on any atom is 0.164 e. The number of halogens is 1. The van der Waals surface area contributed by atoms with Crippen LogP contribution in [0.4, 0.5) is 4.39 Å². The van der Waals surface area contributed by atoms with Crippen molar-refractivity contribution in [3.63, 3.8) is 0 Å². The van der Waals surface area contributed by atoms with Crippen LogP contribution in [0.5, 0.6) is 0 Å². The van der Waals surface area contributed by atoms with Gasteiger partial charge in [-0.1, -0.05) is 0 Å². The molecule has 1 unspecified atom stereocenters. The lowest BCUT2D eigenvalue weighted by molar-refractivity contribution is 0.0873. The summed E-state index contributed by atoms with van der Waals surface area (Å²) < 4.78 is 13.0. The summed E-state index contributed by atoms with van der Waals surface area (Å²) in [6, 6.07) is 7.77. The molecule has 0 N–H and O–H groups in total. The highest BCUT2D eigenvalue weighted by atomic mass is 32.1. The Balaban J connectivity index is 1.16. The first-order chi connectivity index (χ1) is 14.1. The van der Waals surface area contributed by atoms with E-state index in [-0.39, 0.29) is 11.6 Å². The number of Topliss-reactive ketones (excluding diaryl/α,β-unsaturated/α-hetero) is 2. The molecule has 0 radical (unpaired) electrons. The topological polar surface area (TPSA) is 40.6 Å². The molecule has 4 nitrogen and oxygen atoms in total. The van der Waals surface area contributed by atoms with Crippen molar-refractivity contribution in [1.82, 2.24) is 9.80 Å². The Morgan fingerprint density at radius 1 is 1.03 bits per heavy atom. The second-order valence-electron chi connectivity index (χ2n) is 8.13. The fourth-order valence-electron chi connectivity index (χ4n) is 4.39. The molecule has 0 saturated carbocycles. The standard InChI is InChI=1S/C23H27FN2O2S/c24-19-5-3-18(4-6-19)21(27)2-1-8-25-9-11-26(12-10-25)16-17-14-22(28)20-7-13-29-23(20)15-17/h3-7,13,17H,1-2,8-12,14-16H2. The van der Waals surface area contributed by atoms with Crippen molar-refractivity contribution in [3.05, 3.63) is 57.5 Å². The van der Waals surface area contributed by atoms with Crippen LogP contribution in [0, 0.1) is 11.7 Å². The average molecular weight is 415 g/mol. The van der Waals surface area contributed by atoms with Gasteiger partial charge in [-0.15, -0.1) is 11.3 Å². The van der Waals surface area contributed by atoms with Gasteiger partial charge >= 0.3 is 0 Å². The van der Waals surface area contributed by atoms with E-state index in [2.05, 4.69) is 9.80 Å². The number of ketones is 2. The Bertz CT molecular complexity index is 856. The first-order valence-corrected chi connectivity index (χ1v) is 11.3. The SMILES string of the molecule is O=C(CCCN1CCN(CC2CC(=O)c3ccsc3C2)CC1)c1ccc(F)cc1. The molecule has 2 aliphatic rings. The van der Waals surface area contributed by atoms with Crippen LogP contribution in [0.2, 0.25) is 0 Å². The van der Waals surface area contributed by atoms with E-state index in [1.54, 1.807) is 23.5 Å². The number of piperazine rings is 1. The maximum absolute atomic E-state index is 13.0. The Kier molecular flexibility index (Phi) is 6.53. The zero-order chi connectivity index (χ0) is 20.2. The molecule has 2 heterocycles. The van der Waals surface area contributed by atoms with Crippen LogP contribution in [0.15, 0.2) is 35.7 Å². The van der Waals surface area contributed by atoms with Crippen LogP contribution in [0.25, 0.3) is 0 Å². The van der Waals surface area contributed by atoms with E-state index in [0.29, 0.717) is 30.1 Å². The second-order valence-corrected chi connectivity index (χ2v) is 9.13. The van der Waals surface area contributed by atoms with E-state index < -0.39 is 0 Å². The van der Waals surface area contributed by atoms with Gasteiger partial charge in [-0.2, -0.15) is 0 Å². The fraction of sp³-hybridized carbons (Fsp3) is 0.478. The third-order valence-electron chi connectivity index (χ3n) is 6.02. The quantitative estimate of drug-likeness (QED) is 0.644. The maximum atomic E-state index is 13.0. The van der Waals surface area contributed by atoms with Gasteiger partial charge in [0.25, 0.3) is 0 Å². The Hall–Kier alpha value is -1.89. The Labute approximate surface area is 175 Å². The molecule has 154 valence electrons. The van der Waals surface area contributed by atoms with Gasteiger partial charge in [0.05, 0.1) is 0 Å². The minimum absolute atomic E-state index is 0.0820. The van der Waals surface area contributed by atoms with Gasteiger partial charge < -0.3 is 9.80 Å². The molecule has 29 heavy (non-hydrogen) atoms. The number of rotatable bonds is 7. The van der Waals surface area contributed by atoms with Crippen molar-refractivity contribution < 1.29 is 14.0 Å². The summed E-state index contributed by atoms with van der Waals surface area (Å²) in [7, 11) is 0. The van der Waals surface area contributed by atoms with E-state index in [1.165, 1.54) is 17.0 Å². The monoisotopic (exact) mass is 414 g/mol. The second kappa shape index (κ2) is 9.28. The van der Waals surface area contributed by atoms with Gasteiger partial charge in [-0.3, -0.25) is 9.59 Å². The number of hydrogen-bond acceptors (Lipinski definition) is 5. The number of carbonyl (C=O) groups is 2. The normalized spacial score (nSPS) is 20.6. The number of carbonyl (C=O) groups excluding carboxylic acids is 2. The average Bonchev–Trinajstić information content (AvgIpc) is 3.19. The molecule has 1 aliphatic carbocycles. The van der Waals surface area contributed by atoms with E-state index in [1.807, 2.05) is 11.4 Å². The molecule has 0 spiro atoms. The largest absolute Gasteiger partial charge is 0.301 e. The van der Waals surface area contributed by atoms with Gasteiger partial charge in [-0.05, 0) is 61.0 Å². The highest BCUT2D eigenvalue weighted by Crippen LogP contribution is 2.30. The van der Waals surface area contributed by atoms with Gasteiger partial charge in [0.15, 0.2) is 11.6 Å². The van der Waals surface area contributed by atoms with E-state index in [0.717, 1.165) is 57.7 Å². The molecule has 2 aromatic rings. The molecule has 6 heteroatoms. The fourth-order valence-corrected chi connectivity index (χ4v) is 5.40. The van der Waals surface area contributed by atoms with Crippen molar-refractivity contribution in [2.45, 2.75) is 25.7 Å². The van der Waals surface area contributed by atoms with Crippen LogP contribution >= 0.6 is 11.3 Å².